The maximum atomic E-state index is 13.3. The fourth-order valence-corrected chi connectivity index (χ4v) is 1.36. The number of nitrogens with two attached hydrogens (primary N) is 1. The van der Waals surface area contributed by atoms with E-state index in [4.69, 9.17) is 22.1 Å². The summed E-state index contributed by atoms with van der Waals surface area (Å²) in [6.07, 6.45) is 2.07. The van der Waals surface area contributed by atoms with E-state index in [2.05, 4.69) is 10.3 Å². The molecular weight excluding hydrogens is 233 g/mol. The second-order valence-corrected chi connectivity index (χ2v) is 3.85. The molecule has 0 aromatic carbocycles. The Balaban J connectivity index is 2.37. The Bertz CT molecular complexity index is 338. The van der Waals surface area contributed by atoms with Crippen LogP contribution in [0.1, 0.15) is 6.42 Å². The monoisotopic (exact) mass is 247 g/mol. The molecule has 0 aliphatic rings. The van der Waals surface area contributed by atoms with Crippen molar-refractivity contribution >= 4 is 17.4 Å². The van der Waals surface area contributed by atoms with Crippen LogP contribution in [-0.4, -0.2) is 31.3 Å². The molecule has 6 heteroatoms. The van der Waals surface area contributed by atoms with Gasteiger partial charge in [-0.15, -0.1) is 0 Å². The second kappa shape index (κ2) is 6.62. The number of hydrogen-bond acceptors (Lipinski definition) is 4. The van der Waals surface area contributed by atoms with Crippen LogP contribution in [0.2, 0.25) is 5.02 Å². The normalized spacial score (nSPS) is 12.5. The molecule has 16 heavy (non-hydrogen) atoms. The highest BCUT2D eigenvalue weighted by Crippen LogP contribution is 2.15. The molecule has 1 aromatic heterocycles. The number of rotatable bonds is 6. The molecule has 1 aromatic rings. The molecule has 1 atom stereocenters. The van der Waals surface area contributed by atoms with Gasteiger partial charge in [-0.1, -0.05) is 11.6 Å². The van der Waals surface area contributed by atoms with E-state index in [-0.39, 0.29) is 16.9 Å². The summed E-state index contributed by atoms with van der Waals surface area (Å²) in [5, 5.41) is 3.13. The van der Waals surface area contributed by atoms with Gasteiger partial charge in [0.25, 0.3) is 0 Å². The largest absolute Gasteiger partial charge is 0.383 e. The van der Waals surface area contributed by atoms with Gasteiger partial charge in [-0.05, 0) is 12.5 Å². The smallest absolute Gasteiger partial charge is 0.166 e. The SMILES string of the molecule is COCC(N)CCNc1ncc(Cl)cc1F. The Morgan fingerprint density at radius 2 is 2.44 bits per heavy atom. The maximum Gasteiger partial charge on any atom is 0.166 e. The van der Waals surface area contributed by atoms with Gasteiger partial charge >= 0.3 is 0 Å². The lowest BCUT2D eigenvalue weighted by Crippen LogP contribution is -2.28. The number of halogens is 2. The summed E-state index contributed by atoms with van der Waals surface area (Å²) in [5.41, 5.74) is 5.71. The lowest BCUT2D eigenvalue weighted by Gasteiger charge is -2.11. The minimum Gasteiger partial charge on any atom is -0.383 e. The highest BCUT2D eigenvalue weighted by molar-refractivity contribution is 6.30. The topological polar surface area (TPSA) is 60.2 Å². The number of nitrogens with zero attached hydrogens (tertiary/aromatic N) is 1. The molecular formula is C10H15ClFN3O. The quantitative estimate of drug-likeness (QED) is 0.803. The van der Waals surface area contributed by atoms with Crippen molar-refractivity contribution in [1.29, 1.82) is 0 Å². The first kappa shape index (κ1) is 13.2. The van der Waals surface area contributed by atoms with Gasteiger partial charge < -0.3 is 15.8 Å². The van der Waals surface area contributed by atoms with E-state index < -0.39 is 5.82 Å². The minimum atomic E-state index is -0.465. The lowest BCUT2D eigenvalue weighted by molar-refractivity contribution is 0.178. The van der Waals surface area contributed by atoms with E-state index in [0.717, 1.165) is 0 Å². The van der Waals surface area contributed by atoms with Crippen LogP contribution in [0.15, 0.2) is 12.3 Å². The molecule has 1 heterocycles. The van der Waals surface area contributed by atoms with Gasteiger partial charge in [-0.2, -0.15) is 0 Å². The molecule has 0 bridgehead atoms. The molecule has 90 valence electrons. The highest BCUT2D eigenvalue weighted by atomic mass is 35.5. The van der Waals surface area contributed by atoms with Gasteiger partial charge in [0.1, 0.15) is 0 Å². The zero-order chi connectivity index (χ0) is 12.0. The molecule has 0 fully saturated rings. The molecule has 0 saturated carbocycles. The fourth-order valence-electron chi connectivity index (χ4n) is 1.22. The first-order chi connectivity index (χ1) is 7.63. The fraction of sp³-hybridized carbons (Fsp3) is 0.500. The molecule has 1 rings (SSSR count). The Hall–Kier alpha value is -0.910. The van der Waals surface area contributed by atoms with Gasteiger partial charge in [0.15, 0.2) is 11.6 Å². The Morgan fingerprint density at radius 3 is 3.06 bits per heavy atom. The van der Waals surface area contributed by atoms with Crippen molar-refractivity contribution in [3.63, 3.8) is 0 Å². The van der Waals surface area contributed by atoms with Crippen molar-refractivity contribution in [2.24, 2.45) is 5.73 Å². The number of hydrogen-bond donors (Lipinski definition) is 2. The molecule has 1 unspecified atom stereocenters. The molecule has 0 saturated heterocycles. The van der Waals surface area contributed by atoms with Crippen molar-refractivity contribution in [2.75, 3.05) is 25.6 Å². The summed E-state index contributed by atoms with van der Waals surface area (Å²) in [7, 11) is 1.59. The molecule has 0 aliphatic heterocycles. The summed E-state index contributed by atoms with van der Waals surface area (Å²) in [4.78, 5) is 3.83. The van der Waals surface area contributed by atoms with Crippen molar-refractivity contribution in [2.45, 2.75) is 12.5 Å². The Morgan fingerprint density at radius 1 is 1.69 bits per heavy atom. The number of ether oxygens (including phenoxy) is 1. The predicted octanol–water partition coefficient (Wildman–Crippen LogP) is 1.65. The van der Waals surface area contributed by atoms with Crippen molar-refractivity contribution in [3.8, 4) is 0 Å². The summed E-state index contributed by atoms with van der Waals surface area (Å²) in [6.45, 7) is 1.02. The first-order valence-corrected chi connectivity index (χ1v) is 5.30. The van der Waals surface area contributed by atoms with Crippen LogP contribution in [-0.2, 0) is 4.74 Å². The Labute approximate surface area is 98.9 Å². The van der Waals surface area contributed by atoms with Crippen LogP contribution < -0.4 is 11.1 Å². The minimum absolute atomic E-state index is 0.0622. The standard InChI is InChI=1S/C10H15ClFN3O/c1-16-6-8(13)2-3-14-10-9(12)4-7(11)5-15-10/h4-5,8H,2-3,6,13H2,1H3,(H,14,15). The van der Waals surface area contributed by atoms with E-state index in [9.17, 15) is 4.39 Å². The van der Waals surface area contributed by atoms with Crippen molar-refractivity contribution in [1.82, 2.24) is 4.98 Å². The predicted molar refractivity (Wildman–Crippen MR) is 62.2 cm³/mol. The van der Waals surface area contributed by atoms with Crippen LogP contribution in [0.3, 0.4) is 0 Å². The molecule has 0 radical (unpaired) electrons. The number of methoxy groups -OCH3 is 1. The van der Waals surface area contributed by atoms with E-state index in [1.54, 1.807) is 7.11 Å². The lowest BCUT2D eigenvalue weighted by atomic mass is 10.2. The molecule has 4 nitrogen and oxygen atoms in total. The van der Waals surface area contributed by atoms with Gasteiger partial charge in [0.05, 0.1) is 11.6 Å². The Kier molecular flexibility index (Phi) is 5.45. The molecule has 3 N–H and O–H groups in total. The second-order valence-electron chi connectivity index (χ2n) is 3.41. The molecule has 0 aliphatic carbocycles. The number of pyridine rings is 1. The van der Waals surface area contributed by atoms with E-state index in [0.29, 0.717) is 19.6 Å². The van der Waals surface area contributed by atoms with E-state index >= 15 is 0 Å². The number of aromatic nitrogens is 1. The third kappa shape index (κ3) is 4.30. The zero-order valence-electron chi connectivity index (χ0n) is 9.04. The molecule has 0 amide bonds. The van der Waals surface area contributed by atoms with Gasteiger partial charge in [-0.3, -0.25) is 0 Å². The van der Waals surface area contributed by atoms with Crippen LogP contribution in [0, 0.1) is 5.82 Å². The average molecular weight is 248 g/mol. The third-order valence-electron chi connectivity index (χ3n) is 2.00. The highest BCUT2D eigenvalue weighted by Gasteiger charge is 2.05. The van der Waals surface area contributed by atoms with Crippen LogP contribution in [0.4, 0.5) is 10.2 Å². The number of anilines is 1. The van der Waals surface area contributed by atoms with Gasteiger partial charge in [0, 0.05) is 25.9 Å². The van der Waals surface area contributed by atoms with Crippen molar-refractivity contribution < 1.29 is 9.13 Å². The van der Waals surface area contributed by atoms with Gasteiger partial charge in [0.2, 0.25) is 0 Å². The number of nitrogens with one attached hydrogen (secondary N) is 1. The molecule has 0 spiro atoms. The van der Waals surface area contributed by atoms with E-state index in [1.807, 2.05) is 0 Å². The maximum absolute atomic E-state index is 13.3. The van der Waals surface area contributed by atoms with Crippen LogP contribution in [0.5, 0.6) is 0 Å². The zero-order valence-corrected chi connectivity index (χ0v) is 9.80. The van der Waals surface area contributed by atoms with E-state index in [1.165, 1.54) is 12.3 Å². The average Bonchev–Trinajstić information content (AvgIpc) is 2.22. The van der Waals surface area contributed by atoms with Gasteiger partial charge in [-0.25, -0.2) is 9.37 Å². The first-order valence-electron chi connectivity index (χ1n) is 4.93. The van der Waals surface area contributed by atoms with Crippen LogP contribution in [0.25, 0.3) is 0 Å². The van der Waals surface area contributed by atoms with Crippen molar-refractivity contribution in [3.05, 3.63) is 23.1 Å². The van der Waals surface area contributed by atoms with Crippen LogP contribution >= 0.6 is 11.6 Å². The summed E-state index contributed by atoms with van der Waals surface area (Å²) < 4.78 is 18.1. The third-order valence-corrected chi connectivity index (χ3v) is 2.20. The summed E-state index contributed by atoms with van der Waals surface area (Å²) in [5.74, 6) is -0.276. The summed E-state index contributed by atoms with van der Waals surface area (Å²) >= 11 is 5.58. The summed E-state index contributed by atoms with van der Waals surface area (Å²) in [6, 6.07) is 1.15.